The van der Waals surface area contributed by atoms with Gasteiger partial charge in [-0.1, -0.05) is 24.3 Å². The molecule has 0 saturated carbocycles. The molecule has 1 aromatic heterocycles. The number of fused-ring (bicyclic) bond motifs is 1. The molecule has 3 rings (SSSR count). The predicted octanol–water partition coefficient (Wildman–Crippen LogP) is 2.70. The molecule has 2 heterocycles. The van der Waals surface area contributed by atoms with E-state index in [1.165, 1.54) is 0 Å². The molecule has 1 aliphatic heterocycles. The highest BCUT2D eigenvalue weighted by atomic mass is 16.3. The summed E-state index contributed by atoms with van der Waals surface area (Å²) >= 11 is 0. The van der Waals surface area contributed by atoms with Crippen molar-refractivity contribution in [1.82, 2.24) is 9.78 Å². The second-order valence-corrected chi connectivity index (χ2v) is 5.55. The third-order valence-electron chi connectivity index (χ3n) is 3.55. The topological polar surface area (TPSA) is 55.1 Å². The first kappa shape index (κ1) is 12.8. The highest BCUT2D eigenvalue weighted by Gasteiger charge is 2.21. The second-order valence-electron chi connectivity index (χ2n) is 5.55. The van der Waals surface area contributed by atoms with Crippen molar-refractivity contribution in [3.8, 4) is 0 Å². The van der Waals surface area contributed by atoms with Gasteiger partial charge in [-0.05, 0) is 36.6 Å². The highest BCUT2D eigenvalue weighted by Crippen LogP contribution is 2.28. The van der Waals surface area contributed by atoms with Gasteiger partial charge < -0.3 is 5.11 Å². The van der Waals surface area contributed by atoms with Crippen LogP contribution in [-0.4, -0.2) is 20.7 Å². The molecule has 0 bridgehead atoms. The maximum atomic E-state index is 12.0. The zero-order valence-corrected chi connectivity index (χ0v) is 11.5. The maximum absolute atomic E-state index is 12.0. The Morgan fingerprint density at radius 1 is 1.20 bits per heavy atom. The number of allylic oxidation sites excluding steroid dienone is 1. The molecule has 20 heavy (non-hydrogen) atoms. The summed E-state index contributed by atoms with van der Waals surface area (Å²) in [6.07, 6.45) is 3.90. The smallest absolute Gasteiger partial charge is 0.185 e. The van der Waals surface area contributed by atoms with Gasteiger partial charge in [-0.25, -0.2) is 4.68 Å². The van der Waals surface area contributed by atoms with Crippen LogP contribution in [0.4, 0.5) is 0 Å². The minimum atomic E-state index is -0.857. The van der Waals surface area contributed by atoms with Crippen LogP contribution in [0.3, 0.4) is 0 Å². The van der Waals surface area contributed by atoms with Gasteiger partial charge in [0.2, 0.25) is 0 Å². The summed E-state index contributed by atoms with van der Waals surface area (Å²) in [5.74, 6) is 0.0755. The number of aliphatic hydroxyl groups is 1. The van der Waals surface area contributed by atoms with E-state index in [1.807, 2.05) is 30.5 Å². The van der Waals surface area contributed by atoms with E-state index in [-0.39, 0.29) is 5.78 Å². The molecule has 1 aromatic carbocycles. The second kappa shape index (κ2) is 4.42. The summed E-state index contributed by atoms with van der Waals surface area (Å²) in [6.45, 7) is 3.50. The Bertz CT molecular complexity index is 688. The Hall–Kier alpha value is -2.20. The largest absolute Gasteiger partial charge is 0.386 e. The van der Waals surface area contributed by atoms with Crippen molar-refractivity contribution >= 4 is 17.6 Å². The fraction of sp³-hybridized carbons (Fsp3) is 0.250. The third-order valence-corrected chi connectivity index (χ3v) is 3.55. The summed E-state index contributed by atoms with van der Waals surface area (Å²) in [6, 6.07) is 9.37. The molecular weight excluding hydrogens is 252 g/mol. The maximum Gasteiger partial charge on any atom is 0.185 e. The molecule has 0 aliphatic carbocycles. The van der Waals surface area contributed by atoms with Crippen LogP contribution in [0.1, 0.15) is 41.9 Å². The standard InChI is InChI=1S/C16H16N2O2/c1-16(2,20)13-5-3-11(4-6-13)12-9-15(19)14-7-8-17-18(14)10-12/h3-8,10,20H,9H2,1-2H3. The molecule has 0 unspecified atom stereocenters. The van der Waals surface area contributed by atoms with E-state index >= 15 is 0 Å². The Balaban J connectivity index is 1.97. The number of carbonyl (C=O) groups is 1. The van der Waals surface area contributed by atoms with Crippen LogP contribution in [0, 0.1) is 0 Å². The van der Waals surface area contributed by atoms with Crippen molar-refractivity contribution in [2.24, 2.45) is 0 Å². The van der Waals surface area contributed by atoms with E-state index in [9.17, 15) is 9.90 Å². The number of hydrogen-bond donors (Lipinski definition) is 1. The number of hydrogen-bond acceptors (Lipinski definition) is 3. The number of carbonyl (C=O) groups excluding carboxylic acids is 1. The van der Waals surface area contributed by atoms with Crippen molar-refractivity contribution in [1.29, 1.82) is 0 Å². The first-order chi connectivity index (χ1) is 9.45. The Kier molecular flexibility index (Phi) is 2.83. The molecule has 0 fully saturated rings. The van der Waals surface area contributed by atoms with Gasteiger partial charge in [-0.2, -0.15) is 5.10 Å². The van der Waals surface area contributed by atoms with Gasteiger partial charge in [0, 0.05) is 12.6 Å². The van der Waals surface area contributed by atoms with Crippen LogP contribution in [0.15, 0.2) is 36.5 Å². The fourth-order valence-corrected chi connectivity index (χ4v) is 2.36. The predicted molar refractivity (Wildman–Crippen MR) is 77.0 cm³/mol. The number of ketones is 1. The quantitative estimate of drug-likeness (QED) is 0.911. The van der Waals surface area contributed by atoms with Gasteiger partial charge in [0.05, 0.1) is 11.8 Å². The van der Waals surface area contributed by atoms with Crippen LogP contribution < -0.4 is 0 Å². The third kappa shape index (κ3) is 2.18. The lowest BCUT2D eigenvalue weighted by molar-refractivity contribution is 0.0786. The Morgan fingerprint density at radius 3 is 2.55 bits per heavy atom. The molecule has 0 atom stereocenters. The molecule has 1 N–H and O–H groups in total. The SMILES string of the molecule is CC(C)(O)c1ccc(C2=Cn3nccc3C(=O)C2)cc1. The van der Waals surface area contributed by atoms with Crippen LogP contribution in [0.2, 0.25) is 0 Å². The number of benzene rings is 1. The van der Waals surface area contributed by atoms with Crippen molar-refractivity contribution in [3.63, 3.8) is 0 Å². The van der Waals surface area contributed by atoms with Crippen molar-refractivity contribution in [2.75, 3.05) is 0 Å². The molecular formula is C16H16N2O2. The normalized spacial score (nSPS) is 14.9. The van der Waals surface area contributed by atoms with Gasteiger partial charge >= 0.3 is 0 Å². The van der Waals surface area contributed by atoms with Gasteiger partial charge in [0.25, 0.3) is 0 Å². The summed E-state index contributed by atoms with van der Waals surface area (Å²) < 4.78 is 1.62. The minimum absolute atomic E-state index is 0.0755. The van der Waals surface area contributed by atoms with Crippen LogP contribution in [0.25, 0.3) is 11.8 Å². The number of aromatic nitrogens is 2. The van der Waals surface area contributed by atoms with E-state index in [0.29, 0.717) is 12.1 Å². The molecule has 4 nitrogen and oxygen atoms in total. The monoisotopic (exact) mass is 268 g/mol. The molecule has 102 valence electrons. The Labute approximate surface area is 117 Å². The van der Waals surface area contributed by atoms with Crippen LogP contribution in [0.5, 0.6) is 0 Å². The summed E-state index contributed by atoms with van der Waals surface area (Å²) in [4.78, 5) is 12.0. The van der Waals surface area contributed by atoms with Crippen molar-refractivity contribution in [3.05, 3.63) is 53.3 Å². The first-order valence-corrected chi connectivity index (χ1v) is 6.56. The number of nitrogens with zero attached hydrogens (tertiary/aromatic N) is 2. The zero-order valence-electron chi connectivity index (χ0n) is 11.5. The molecule has 4 heteroatoms. The van der Waals surface area contributed by atoms with E-state index < -0.39 is 5.60 Å². The average molecular weight is 268 g/mol. The fourth-order valence-electron chi connectivity index (χ4n) is 2.36. The first-order valence-electron chi connectivity index (χ1n) is 6.56. The lowest BCUT2D eigenvalue weighted by Gasteiger charge is -2.19. The van der Waals surface area contributed by atoms with Gasteiger partial charge in [-0.3, -0.25) is 4.79 Å². The summed E-state index contributed by atoms with van der Waals surface area (Å²) in [5.41, 5.74) is 2.54. The van der Waals surface area contributed by atoms with Crippen molar-refractivity contribution in [2.45, 2.75) is 25.9 Å². The van der Waals surface area contributed by atoms with Gasteiger partial charge in [0.15, 0.2) is 5.78 Å². The van der Waals surface area contributed by atoms with Gasteiger partial charge in [-0.15, -0.1) is 0 Å². The zero-order chi connectivity index (χ0) is 14.3. The van der Waals surface area contributed by atoms with E-state index in [2.05, 4.69) is 5.10 Å². The molecule has 0 amide bonds. The minimum Gasteiger partial charge on any atom is -0.386 e. The summed E-state index contributed by atoms with van der Waals surface area (Å²) in [7, 11) is 0. The van der Waals surface area contributed by atoms with E-state index in [0.717, 1.165) is 16.7 Å². The Morgan fingerprint density at radius 2 is 1.90 bits per heavy atom. The van der Waals surface area contributed by atoms with E-state index in [4.69, 9.17) is 0 Å². The van der Waals surface area contributed by atoms with E-state index in [1.54, 1.807) is 30.8 Å². The number of rotatable bonds is 2. The molecule has 2 aromatic rings. The highest BCUT2D eigenvalue weighted by molar-refractivity contribution is 6.05. The summed E-state index contributed by atoms with van der Waals surface area (Å²) in [5, 5.41) is 14.1. The molecule has 1 aliphatic rings. The van der Waals surface area contributed by atoms with Crippen LogP contribution >= 0.6 is 0 Å². The number of Topliss-reactive ketones (excluding diaryl/α,β-unsaturated/α-hetero) is 1. The van der Waals surface area contributed by atoms with Crippen molar-refractivity contribution < 1.29 is 9.90 Å². The molecule has 0 radical (unpaired) electrons. The lowest BCUT2D eigenvalue weighted by Crippen LogP contribution is -2.15. The average Bonchev–Trinajstić information content (AvgIpc) is 2.86. The van der Waals surface area contributed by atoms with Crippen LogP contribution in [-0.2, 0) is 5.60 Å². The molecule has 0 spiro atoms. The molecule has 0 saturated heterocycles. The van der Waals surface area contributed by atoms with Gasteiger partial charge in [0.1, 0.15) is 5.69 Å². The lowest BCUT2D eigenvalue weighted by atomic mass is 9.93.